The Morgan fingerprint density at radius 1 is 1.34 bits per heavy atom. The van der Waals surface area contributed by atoms with Crippen LogP contribution in [0.25, 0.3) is 0 Å². The number of nitrogens with one attached hydrogen (secondary N) is 1. The number of aromatic nitrogens is 3. The van der Waals surface area contributed by atoms with Crippen molar-refractivity contribution in [3.63, 3.8) is 0 Å². The summed E-state index contributed by atoms with van der Waals surface area (Å²) in [7, 11) is 0. The number of cyclic esters (lactones) is 1. The van der Waals surface area contributed by atoms with E-state index in [1.54, 1.807) is 23.7 Å². The predicted octanol–water partition coefficient (Wildman–Crippen LogP) is 2.29. The van der Waals surface area contributed by atoms with Crippen molar-refractivity contribution in [3.05, 3.63) is 35.9 Å². The van der Waals surface area contributed by atoms with Gasteiger partial charge in [-0.2, -0.15) is 0 Å². The number of hydrogen-bond donors (Lipinski definition) is 1. The lowest BCUT2D eigenvalue weighted by molar-refractivity contribution is -0.119. The molecule has 35 heavy (non-hydrogen) atoms. The Bertz CT molecular complexity index is 1110. The maximum Gasteiger partial charge on any atom is 0.414 e. The minimum atomic E-state index is -0.577. The first-order valence-corrected chi connectivity index (χ1v) is 11.6. The van der Waals surface area contributed by atoms with E-state index in [4.69, 9.17) is 9.47 Å². The molecule has 0 bridgehead atoms. The highest BCUT2D eigenvalue weighted by Crippen LogP contribution is 2.34. The number of piperidine rings is 1. The molecule has 2 aliphatic heterocycles. The lowest BCUT2D eigenvalue weighted by Crippen LogP contribution is -2.42. The van der Waals surface area contributed by atoms with Crippen molar-refractivity contribution >= 4 is 29.3 Å². The quantitative estimate of drug-likeness (QED) is 0.590. The topological polar surface area (TPSA) is 119 Å². The molecular formula is C23H29FN6O5. The van der Waals surface area contributed by atoms with Crippen LogP contribution in [-0.2, 0) is 14.3 Å². The smallest absolute Gasteiger partial charge is 0.414 e. The van der Waals surface area contributed by atoms with Gasteiger partial charge in [0.15, 0.2) is 5.69 Å². The molecule has 1 aromatic heterocycles. The average Bonchev–Trinajstić information content (AvgIpc) is 3.45. The molecule has 1 N–H and O–H groups in total. The minimum Gasteiger partial charge on any atom is -0.461 e. The summed E-state index contributed by atoms with van der Waals surface area (Å²) in [5.74, 6) is -1.12. The van der Waals surface area contributed by atoms with Gasteiger partial charge in [0.05, 0.1) is 43.3 Å². The Balaban J connectivity index is 1.43. The van der Waals surface area contributed by atoms with Crippen LogP contribution in [-0.4, -0.2) is 71.4 Å². The number of nitrogens with zero attached hydrogens (tertiary/aromatic N) is 5. The van der Waals surface area contributed by atoms with Crippen LogP contribution in [0.1, 0.15) is 50.1 Å². The summed E-state index contributed by atoms with van der Waals surface area (Å²) >= 11 is 0. The van der Waals surface area contributed by atoms with Gasteiger partial charge in [0.1, 0.15) is 11.9 Å². The molecule has 2 fully saturated rings. The summed E-state index contributed by atoms with van der Waals surface area (Å²) in [5.41, 5.74) is 1.14. The van der Waals surface area contributed by atoms with Gasteiger partial charge in [-0.3, -0.25) is 9.69 Å². The molecule has 2 amide bonds. The second kappa shape index (κ2) is 10.3. The van der Waals surface area contributed by atoms with Gasteiger partial charge in [0.25, 0.3) is 0 Å². The summed E-state index contributed by atoms with van der Waals surface area (Å²) in [5, 5.41) is 10.6. The van der Waals surface area contributed by atoms with Crippen molar-refractivity contribution in [2.75, 3.05) is 36.0 Å². The zero-order chi connectivity index (χ0) is 25.1. The fourth-order valence-corrected chi connectivity index (χ4v) is 4.58. The second-order valence-electron chi connectivity index (χ2n) is 8.69. The number of hydrogen-bond acceptors (Lipinski definition) is 8. The number of halogens is 1. The molecule has 3 heterocycles. The fourth-order valence-electron chi connectivity index (χ4n) is 4.58. The third kappa shape index (κ3) is 5.20. The number of benzene rings is 1. The van der Waals surface area contributed by atoms with Gasteiger partial charge in [-0.05, 0) is 44.9 Å². The molecule has 188 valence electrons. The van der Waals surface area contributed by atoms with Gasteiger partial charge in [-0.1, -0.05) is 5.21 Å². The van der Waals surface area contributed by atoms with Gasteiger partial charge in [-0.15, -0.1) is 5.10 Å². The highest BCUT2D eigenvalue weighted by atomic mass is 19.1. The first-order chi connectivity index (χ1) is 16.8. The Morgan fingerprint density at radius 3 is 2.83 bits per heavy atom. The Hall–Kier alpha value is -3.70. The van der Waals surface area contributed by atoms with Crippen molar-refractivity contribution in [1.29, 1.82) is 0 Å². The second-order valence-corrected chi connectivity index (χ2v) is 8.69. The molecule has 3 atom stereocenters. The number of anilines is 2. The van der Waals surface area contributed by atoms with Crippen LogP contribution in [0.15, 0.2) is 24.4 Å². The van der Waals surface area contributed by atoms with Gasteiger partial charge >= 0.3 is 12.1 Å². The third-order valence-corrected chi connectivity index (χ3v) is 6.26. The minimum absolute atomic E-state index is 0.0351. The summed E-state index contributed by atoms with van der Waals surface area (Å²) < 4.78 is 27.1. The molecule has 2 saturated heterocycles. The van der Waals surface area contributed by atoms with E-state index in [-0.39, 0.29) is 37.7 Å². The first-order valence-electron chi connectivity index (χ1n) is 11.6. The van der Waals surface area contributed by atoms with E-state index in [1.165, 1.54) is 24.1 Å². The summed E-state index contributed by atoms with van der Waals surface area (Å²) in [6.45, 7) is 6.36. The lowest BCUT2D eigenvalue weighted by Gasteiger charge is -2.39. The Kier molecular flexibility index (Phi) is 7.17. The molecule has 0 aliphatic carbocycles. The van der Waals surface area contributed by atoms with Crippen LogP contribution < -0.4 is 15.1 Å². The normalized spacial score (nSPS) is 22.2. The maximum absolute atomic E-state index is 15.2. The SMILES string of the molecule is CCOC(=O)c1cnnn1C1CCN(c2ccc(N3C[C@H](CNC(C)=O)OC3=O)cc2F)C(C)C1. The lowest BCUT2D eigenvalue weighted by atomic mass is 9.97. The Morgan fingerprint density at radius 2 is 2.14 bits per heavy atom. The number of carbonyl (C=O) groups excluding carboxylic acids is 3. The summed E-state index contributed by atoms with van der Waals surface area (Å²) in [6, 6.07) is 4.58. The Labute approximate surface area is 202 Å². The van der Waals surface area contributed by atoms with Gasteiger partial charge in [0.2, 0.25) is 5.91 Å². The molecule has 12 heteroatoms. The van der Waals surface area contributed by atoms with E-state index < -0.39 is 24.0 Å². The molecule has 2 unspecified atom stereocenters. The molecule has 2 aliphatic rings. The summed E-state index contributed by atoms with van der Waals surface area (Å²) in [4.78, 5) is 38.9. The van der Waals surface area contributed by atoms with Crippen molar-refractivity contribution in [2.45, 2.75) is 51.8 Å². The molecule has 0 saturated carbocycles. The van der Waals surface area contributed by atoms with E-state index in [0.29, 0.717) is 36.5 Å². The molecule has 0 radical (unpaired) electrons. The highest BCUT2D eigenvalue weighted by Gasteiger charge is 2.34. The molecule has 1 aromatic carbocycles. The third-order valence-electron chi connectivity index (χ3n) is 6.26. The average molecular weight is 489 g/mol. The predicted molar refractivity (Wildman–Crippen MR) is 124 cm³/mol. The molecule has 0 spiro atoms. The van der Waals surface area contributed by atoms with Crippen LogP contribution in [0.5, 0.6) is 0 Å². The zero-order valence-electron chi connectivity index (χ0n) is 19.9. The van der Waals surface area contributed by atoms with Crippen LogP contribution in [0.3, 0.4) is 0 Å². The van der Waals surface area contributed by atoms with Crippen molar-refractivity contribution in [3.8, 4) is 0 Å². The number of esters is 1. The first kappa shape index (κ1) is 24.4. The van der Waals surface area contributed by atoms with E-state index in [2.05, 4.69) is 15.6 Å². The van der Waals surface area contributed by atoms with E-state index in [0.717, 1.165) is 0 Å². The molecular weight excluding hydrogens is 459 g/mol. The van der Waals surface area contributed by atoms with Crippen molar-refractivity contribution < 1.29 is 28.2 Å². The largest absolute Gasteiger partial charge is 0.461 e. The number of carbonyl (C=O) groups is 3. The molecule has 2 aromatic rings. The monoisotopic (exact) mass is 488 g/mol. The van der Waals surface area contributed by atoms with Crippen molar-refractivity contribution in [2.24, 2.45) is 0 Å². The number of amides is 2. The zero-order valence-corrected chi connectivity index (χ0v) is 19.9. The summed E-state index contributed by atoms with van der Waals surface area (Å²) in [6.07, 6.45) is 1.61. The van der Waals surface area contributed by atoms with Crippen molar-refractivity contribution in [1.82, 2.24) is 20.3 Å². The van der Waals surface area contributed by atoms with Crippen LogP contribution in [0.2, 0.25) is 0 Å². The van der Waals surface area contributed by atoms with Gasteiger partial charge in [-0.25, -0.2) is 18.7 Å². The fraction of sp³-hybridized carbons (Fsp3) is 0.522. The van der Waals surface area contributed by atoms with Gasteiger partial charge in [0, 0.05) is 19.5 Å². The number of ether oxygens (including phenoxy) is 2. The van der Waals surface area contributed by atoms with Crippen LogP contribution >= 0.6 is 0 Å². The van der Waals surface area contributed by atoms with Gasteiger partial charge < -0.3 is 19.7 Å². The maximum atomic E-state index is 15.2. The highest BCUT2D eigenvalue weighted by molar-refractivity contribution is 5.90. The molecule has 11 nitrogen and oxygen atoms in total. The van der Waals surface area contributed by atoms with E-state index in [1.807, 2.05) is 11.8 Å². The van der Waals surface area contributed by atoms with E-state index in [9.17, 15) is 14.4 Å². The standard InChI is InChI=1S/C23H29FN6O5/c1-4-34-22(32)21-12-26-27-30(21)17-7-8-28(14(2)9-17)20-6-5-16(10-19(20)24)29-13-18(35-23(29)33)11-25-15(3)31/h5-6,10,12,14,17-18H,4,7-9,11,13H2,1-3H3,(H,25,31)/t14?,17?,18-/m0/s1. The number of rotatable bonds is 7. The van der Waals surface area contributed by atoms with Crippen LogP contribution in [0, 0.1) is 5.82 Å². The van der Waals surface area contributed by atoms with E-state index >= 15 is 4.39 Å². The molecule has 4 rings (SSSR count). The van der Waals surface area contributed by atoms with Crippen LogP contribution in [0.4, 0.5) is 20.6 Å².